The van der Waals surface area contributed by atoms with Gasteiger partial charge in [0.05, 0.1) is 0 Å². The van der Waals surface area contributed by atoms with E-state index in [0.717, 1.165) is 29.5 Å². The van der Waals surface area contributed by atoms with Crippen molar-refractivity contribution in [1.82, 2.24) is 5.32 Å². The minimum atomic E-state index is -0.210. The average Bonchev–Trinajstić information content (AvgIpc) is 2.84. The Labute approximate surface area is 190 Å². The maximum absolute atomic E-state index is 13.2. The number of benzene rings is 3. The summed E-state index contributed by atoms with van der Waals surface area (Å²) in [5.41, 5.74) is 4.01. The molecule has 1 amide bonds. The van der Waals surface area contributed by atoms with Crippen molar-refractivity contribution in [2.45, 2.75) is 37.5 Å². The van der Waals surface area contributed by atoms with Crippen LogP contribution in [0.15, 0.2) is 78.9 Å². The number of phenolic OH excluding ortho intramolecular Hbond substituents is 1. The van der Waals surface area contributed by atoms with Crippen LogP contribution in [-0.2, 0) is 14.9 Å². The highest BCUT2D eigenvalue weighted by Gasteiger charge is 2.35. The molecule has 0 saturated carbocycles. The van der Waals surface area contributed by atoms with Gasteiger partial charge in [0.15, 0.2) is 0 Å². The van der Waals surface area contributed by atoms with Crippen LogP contribution in [0, 0.1) is 6.92 Å². The molecular weight excluding hydrogens is 398 g/mol. The largest absolute Gasteiger partial charge is 0.508 e. The zero-order valence-electron chi connectivity index (χ0n) is 18.6. The lowest BCUT2D eigenvalue weighted by Gasteiger charge is -2.38. The molecule has 0 bridgehead atoms. The van der Waals surface area contributed by atoms with E-state index in [2.05, 4.69) is 29.6 Å². The molecule has 3 aromatic rings. The molecule has 0 unspecified atom stereocenters. The SMILES string of the molecule is Cc1ccc(O)c([C@@H](CC(=O)NCC2(c3ccccc3)CCOCC2)c2ccccc2)c1. The van der Waals surface area contributed by atoms with Crippen molar-refractivity contribution in [1.29, 1.82) is 0 Å². The lowest BCUT2D eigenvalue weighted by molar-refractivity contribution is -0.121. The van der Waals surface area contributed by atoms with Gasteiger partial charge in [0.1, 0.15) is 5.75 Å². The Balaban J connectivity index is 1.54. The van der Waals surface area contributed by atoms with E-state index < -0.39 is 0 Å². The van der Waals surface area contributed by atoms with E-state index in [4.69, 9.17) is 4.74 Å². The molecule has 1 aliphatic rings. The molecule has 0 spiro atoms. The second kappa shape index (κ2) is 10.0. The summed E-state index contributed by atoms with van der Waals surface area (Å²) in [7, 11) is 0. The number of aromatic hydroxyl groups is 1. The third-order valence-electron chi connectivity index (χ3n) is 6.61. The van der Waals surface area contributed by atoms with Gasteiger partial charge in [-0.1, -0.05) is 78.4 Å². The number of rotatable bonds is 7. The zero-order valence-corrected chi connectivity index (χ0v) is 18.6. The third-order valence-corrected chi connectivity index (χ3v) is 6.61. The number of carbonyl (C=O) groups is 1. The van der Waals surface area contributed by atoms with E-state index in [9.17, 15) is 9.90 Å². The first kappa shape index (κ1) is 22.1. The predicted molar refractivity (Wildman–Crippen MR) is 127 cm³/mol. The molecule has 1 atom stereocenters. The molecule has 2 N–H and O–H groups in total. The molecular formula is C28H31NO3. The van der Waals surface area contributed by atoms with Gasteiger partial charge in [-0.3, -0.25) is 4.79 Å². The fraction of sp³-hybridized carbons (Fsp3) is 0.321. The zero-order chi connectivity index (χ0) is 22.4. The van der Waals surface area contributed by atoms with Gasteiger partial charge in [-0.2, -0.15) is 0 Å². The number of ether oxygens (including phenoxy) is 1. The number of phenols is 1. The van der Waals surface area contributed by atoms with Crippen LogP contribution in [0.2, 0.25) is 0 Å². The summed E-state index contributed by atoms with van der Waals surface area (Å²) in [6.07, 6.45) is 2.05. The van der Waals surface area contributed by atoms with Gasteiger partial charge in [0, 0.05) is 43.1 Å². The van der Waals surface area contributed by atoms with Crippen LogP contribution in [0.3, 0.4) is 0 Å². The van der Waals surface area contributed by atoms with E-state index in [1.165, 1.54) is 5.56 Å². The first-order chi connectivity index (χ1) is 15.6. The molecule has 4 heteroatoms. The standard InChI is InChI=1S/C28H31NO3/c1-21-12-13-26(30)25(18-21)24(22-8-4-2-5-9-22)19-27(31)29-20-28(14-16-32-17-15-28)23-10-6-3-7-11-23/h2-13,18,24,30H,14-17,19-20H2,1H3,(H,29,31)/t24-/m0/s1. The van der Waals surface area contributed by atoms with Gasteiger partial charge < -0.3 is 15.2 Å². The van der Waals surface area contributed by atoms with Crippen LogP contribution in [0.25, 0.3) is 0 Å². The number of hydrogen-bond acceptors (Lipinski definition) is 3. The molecule has 1 aliphatic heterocycles. The van der Waals surface area contributed by atoms with Crippen LogP contribution in [-0.4, -0.2) is 30.8 Å². The maximum Gasteiger partial charge on any atom is 0.220 e. The molecule has 166 valence electrons. The second-order valence-electron chi connectivity index (χ2n) is 8.77. The Morgan fingerprint density at radius 1 is 1.00 bits per heavy atom. The summed E-state index contributed by atoms with van der Waals surface area (Å²) in [5, 5.41) is 13.8. The van der Waals surface area contributed by atoms with Gasteiger partial charge >= 0.3 is 0 Å². The lowest BCUT2D eigenvalue weighted by Crippen LogP contribution is -2.44. The third kappa shape index (κ3) is 5.03. The van der Waals surface area contributed by atoms with Gasteiger partial charge in [-0.05, 0) is 37.0 Å². The number of hydrogen-bond donors (Lipinski definition) is 2. The number of amides is 1. The quantitative estimate of drug-likeness (QED) is 0.550. The van der Waals surface area contributed by atoms with Crippen LogP contribution >= 0.6 is 0 Å². The van der Waals surface area contributed by atoms with Crippen molar-refractivity contribution in [3.8, 4) is 5.75 Å². The Morgan fingerprint density at radius 3 is 2.34 bits per heavy atom. The molecule has 4 nitrogen and oxygen atoms in total. The van der Waals surface area contributed by atoms with Crippen LogP contribution in [0.5, 0.6) is 5.75 Å². The highest BCUT2D eigenvalue weighted by Crippen LogP contribution is 2.36. The normalized spacial score (nSPS) is 16.3. The molecule has 32 heavy (non-hydrogen) atoms. The topological polar surface area (TPSA) is 58.6 Å². The van der Waals surface area contributed by atoms with Crippen LogP contribution in [0.1, 0.15) is 47.4 Å². The first-order valence-electron chi connectivity index (χ1n) is 11.3. The lowest BCUT2D eigenvalue weighted by atomic mass is 9.74. The Kier molecular flexibility index (Phi) is 6.91. The minimum absolute atomic E-state index is 0.0124. The summed E-state index contributed by atoms with van der Waals surface area (Å²) in [4.78, 5) is 13.2. The molecule has 0 aromatic heterocycles. The Hall–Kier alpha value is -3.11. The van der Waals surface area contributed by atoms with Gasteiger partial charge in [-0.25, -0.2) is 0 Å². The summed E-state index contributed by atoms with van der Waals surface area (Å²) < 4.78 is 5.62. The average molecular weight is 430 g/mol. The second-order valence-corrected chi connectivity index (χ2v) is 8.77. The smallest absolute Gasteiger partial charge is 0.220 e. The predicted octanol–water partition coefficient (Wildman–Crippen LogP) is 5.09. The van der Waals surface area contributed by atoms with Crippen molar-refractivity contribution < 1.29 is 14.6 Å². The summed E-state index contributed by atoms with van der Waals surface area (Å²) in [6.45, 7) is 3.99. The van der Waals surface area contributed by atoms with E-state index in [1.807, 2.05) is 55.5 Å². The summed E-state index contributed by atoms with van der Waals surface area (Å²) >= 11 is 0. The number of carbonyl (C=O) groups excluding carboxylic acids is 1. The molecule has 0 aliphatic carbocycles. The van der Waals surface area contributed by atoms with Crippen molar-refractivity contribution in [3.63, 3.8) is 0 Å². The van der Waals surface area contributed by atoms with Crippen molar-refractivity contribution in [2.24, 2.45) is 0 Å². The van der Waals surface area contributed by atoms with E-state index in [0.29, 0.717) is 19.8 Å². The van der Waals surface area contributed by atoms with E-state index >= 15 is 0 Å². The minimum Gasteiger partial charge on any atom is -0.508 e. The fourth-order valence-electron chi connectivity index (χ4n) is 4.69. The van der Waals surface area contributed by atoms with Crippen LogP contribution < -0.4 is 5.32 Å². The Morgan fingerprint density at radius 2 is 1.66 bits per heavy atom. The van der Waals surface area contributed by atoms with Gasteiger partial charge in [-0.15, -0.1) is 0 Å². The van der Waals surface area contributed by atoms with Crippen molar-refractivity contribution in [3.05, 3.63) is 101 Å². The number of nitrogens with one attached hydrogen (secondary N) is 1. The molecule has 3 aromatic carbocycles. The fourth-order valence-corrected chi connectivity index (χ4v) is 4.69. The molecule has 1 heterocycles. The summed E-state index contributed by atoms with van der Waals surface area (Å²) in [5.74, 6) is 0.00228. The molecule has 1 saturated heterocycles. The van der Waals surface area contributed by atoms with Crippen molar-refractivity contribution in [2.75, 3.05) is 19.8 Å². The van der Waals surface area contributed by atoms with Crippen molar-refractivity contribution >= 4 is 5.91 Å². The summed E-state index contributed by atoms with van der Waals surface area (Å²) in [6, 6.07) is 25.9. The van der Waals surface area contributed by atoms with E-state index in [-0.39, 0.29) is 29.4 Å². The van der Waals surface area contributed by atoms with Gasteiger partial charge in [0.2, 0.25) is 5.91 Å². The Bertz CT molecular complexity index is 1030. The first-order valence-corrected chi connectivity index (χ1v) is 11.3. The highest BCUT2D eigenvalue weighted by atomic mass is 16.5. The van der Waals surface area contributed by atoms with Crippen LogP contribution in [0.4, 0.5) is 0 Å². The molecule has 1 fully saturated rings. The maximum atomic E-state index is 13.2. The number of aryl methyl sites for hydroxylation is 1. The molecule has 0 radical (unpaired) electrons. The monoisotopic (exact) mass is 429 g/mol. The van der Waals surface area contributed by atoms with E-state index in [1.54, 1.807) is 6.07 Å². The highest BCUT2D eigenvalue weighted by molar-refractivity contribution is 5.78. The van der Waals surface area contributed by atoms with Gasteiger partial charge in [0.25, 0.3) is 0 Å². The molecule has 4 rings (SSSR count).